The van der Waals surface area contributed by atoms with Crippen molar-refractivity contribution >= 4 is 11.0 Å². The lowest BCUT2D eigenvalue weighted by molar-refractivity contribution is -0.0548. The van der Waals surface area contributed by atoms with Crippen molar-refractivity contribution in [1.82, 2.24) is 14.9 Å². The molecule has 2 heterocycles. The van der Waals surface area contributed by atoms with Gasteiger partial charge in [0.2, 0.25) is 0 Å². The fraction of sp³-hybridized carbons (Fsp3) is 0.409. The number of hydrogen-bond acceptors (Lipinski definition) is 4. The number of likely N-dealkylation sites (tertiary alicyclic amines) is 1. The van der Waals surface area contributed by atoms with Crippen LogP contribution in [0.2, 0.25) is 0 Å². The van der Waals surface area contributed by atoms with E-state index in [1.807, 2.05) is 0 Å². The molecular formula is C22H26FN3O2. The first-order valence-electron chi connectivity index (χ1n) is 9.74. The number of nitrogens with one attached hydrogen (secondary N) is 1. The molecule has 1 atom stereocenters. The van der Waals surface area contributed by atoms with E-state index in [-0.39, 0.29) is 17.2 Å². The number of para-hydroxylation sites is 1. The van der Waals surface area contributed by atoms with Gasteiger partial charge >= 0.3 is 0 Å². The number of aromatic amines is 1. The predicted octanol–water partition coefficient (Wildman–Crippen LogP) is 4.15. The van der Waals surface area contributed by atoms with E-state index in [2.05, 4.69) is 33.1 Å². The van der Waals surface area contributed by atoms with Gasteiger partial charge in [0.25, 0.3) is 0 Å². The third-order valence-electron chi connectivity index (χ3n) is 5.64. The van der Waals surface area contributed by atoms with Crippen LogP contribution in [0.1, 0.15) is 24.8 Å². The zero-order chi connectivity index (χ0) is 19.4. The van der Waals surface area contributed by atoms with Gasteiger partial charge in [0.15, 0.2) is 11.6 Å². The number of benzene rings is 2. The van der Waals surface area contributed by atoms with Gasteiger partial charge in [0.1, 0.15) is 12.2 Å². The van der Waals surface area contributed by atoms with Crippen LogP contribution in [0.4, 0.5) is 4.39 Å². The van der Waals surface area contributed by atoms with Gasteiger partial charge in [-0.15, -0.1) is 0 Å². The number of imidazole rings is 1. The van der Waals surface area contributed by atoms with Crippen LogP contribution < -0.4 is 4.74 Å². The van der Waals surface area contributed by atoms with Crippen molar-refractivity contribution < 1.29 is 13.9 Å². The van der Waals surface area contributed by atoms with E-state index >= 15 is 0 Å². The third-order valence-corrected chi connectivity index (χ3v) is 5.64. The maximum absolute atomic E-state index is 13.9. The number of aromatic nitrogens is 2. The maximum Gasteiger partial charge on any atom is 0.165 e. The van der Waals surface area contributed by atoms with Gasteiger partial charge in [0, 0.05) is 20.2 Å². The van der Waals surface area contributed by atoms with Crippen LogP contribution >= 0.6 is 0 Å². The minimum absolute atomic E-state index is 0.285. The summed E-state index contributed by atoms with van der Waals surface area (Å²) in [6, 6.07) is 12.9. The lowest BCUT2D eigenvalue weighted by atomic mass is 9.95. The van der Waals surface area contributed by atoms with Gasteiger partial charge in [0.05, 0.1) is 17.4 Å². The van der Waals surface area contributed by atoms with Crippen molar-refractivity contribution in [3.63, 3.8) is 0 Å². The van der Waals surface area contributed by atoms with Crippen LogP contribution in [-0.4, -0.2) is 47.3 Å². The van der Waals surface area contributed by atoms with E-state index in [9.17, 15) is 4.39 Å². The average Bonchev–Trinajstić information content (AvgIpc) is 3.09. The molecule has 1 N–H and O–H groups in total. The summed E-state index contributed by atoms with van der Waals surface area (Å²) in [4.78, 5) is 9.89. The predicted molar refractivity (Wildman–Crippen MR) is 107 cm³/mol. The monoisotopic (exact) mass is 383 g/mol. The third kappa shape index (κ3) is 4.18. The molecule has 1 fully saturated rings. The van der Waals surface area contributed by atoms with Crippen LogP contribution in [0.15, 0.2) is 48.8 Å². The fourth-order valence-electron chi connectivity index (χ4n) is 3.90. The molecule has 2 aromatic carbocycles. The second-order valence-electron chi connectivity index (χ2n) is 7.49. The molecule has 1 aliphatic heterocycles. The Hall–Kier alpha value is -2.44. The summed E-state index contributed by atoms with van der Waals surface area (Å²) < 4.78 is 25.5. The smallest absolute Gasteiger partial charge is 0.165 e. The van der Waals surface area contributed by atoms with Crippen molar-refractivity contribution in [2.45, 2.75) is 31.4 Å². The first-order valence-corrected chi connectivity index (χ1v) is 9.74. The Labute approximate surface area is 164 Å². The summed E-state index contributed by atoms with van der Waals surface area (Å²) in [6.45, 7) is 3.17. The standard InChI is InChI=1S/C22H26FN3O2/c1-27-22(15-28-21-6-3-2-5-18(21)23)9-4-11-26(12-10-22)14-17-7-8-19-20(13-17)25-16-24-19/h2-3,5-8,13,16H,4,9-12,14-15H2,1H3,(H,24,25). The number of ether oxygens (including phenoxy) is 2. The molecule has 28 heavy (non-hydrogen) atoms. The summed E-state index contributed by atoms with van der Waals surface area (Å²) in [7, 11) is 1.73. The maximum atomic E-state index is 13.9. The summed E-state index contributed by atoms with van der Waals surface area (Å²) in [5.41, 5.74) is 2.94. The van der Waals surface area contributed by atoms with Gasteiger partial charge < -0.3 is 14.5 Å². The Morgan fingerprint density at radius 3 is 2.93 bits per heavy atom. The Morgan fingerprint density at radius 2 is 2.07 bits per heavy atom. The molecule has 1 aromatic heterocycles. The normalized spacial score (nSPS) is 20.9. The van der Waals surface area contributed by atoms with Crippen molar-refractivity contribution in [3.05, 3.63) is 60.2 Å². The molecule has 0 aliphatic carbocycles. The molecule has 5 nitrogen and oxygen atoms in total. The molecule has 0 saturated carbocycles. The molecule has 6 heteroatoms. The highest BCUT2D eigenvalue weighted by molar-refractivity contribution is 5.74. The summed E-state index contributed by atoms with van der Waals surface area (Å²) in [5, 5.41) is 0. The van der Waals surface area contributed by atoms with Gasteiger partial charge in [-0.2, -0.15) is 0 Å². The van der Waals surface area contributed by atoms with Crippen LogP contribution in [0.5, 0.6) is 5.75 Å². The van der Waals surface area contributed by atoms with E-state index in [1.54, 1.807) is 31.6 Å². The first kappa shape index (κ1) is 18.9. The molecule has 0 amide bonds. The highest BCUT2D eigenvalue weighted by atomic mass is 19.1. The van der Waals surface area contributed by atoms with Crippen molar-refractivity contribution in [1.29, 1.82) is 0 Å². The van der Waals surface area contributed by atoms with Crippen LogP contribution in [-0.2, 0) is 11.3 Å². The van der Waals surface area contributed by atoms with E-state index in [0.29, 0.717) is 6.61 Å². The van der Waals surface area contributed by atoms with Crippen LogP contribution in [0, 0.1) is 5.82 Å². The molecule has 3 aromatic rings. The van der Waals surface area contributed by atoms with Crippen LogP contribution in [0.25, 0.3) is 11.0 Å². The van der Waals surface area contributed by atoms with E-state index < -0.39 is 0 Å². The summed E-state index contributed by atoms with van der Waals surface area (Å²) >= 11 is 0. The fourth-order valence-corrected chi connectivity index (χ4v) is 3.90. The average molecular weight is 383 g/mol. The molecule has 148 valence electrons. The summed E-state index contributed by atoms with van der Waals surface area (Å²) in [5.74, 6) is -0.0499. The number of nitrogens with zero attached hydrogens (tertiary/aromatic N) is 2. The molecule has 4 rings (SSSR count). The minimum atomic E-state index is -0.385. The van der Waals surface area contributed by atoms with E-state index in [1.165, 1.54) is 11.6 Å². The number of rotatable bonds is 6. The van der Waals surface area contributed by atoms with Gasteiger partial charge in [-0.25, -0.2) is 9.37 Å². The molecular weight excluding hydrogens is 357 g/mol. The second kappa shape index (κ2) is 8.29. The Balaban J connectivity index is 1.39. The molecule has 1 saturated heterocycles. The number of H-pyrrole nitrogens is 1. The largest absolute Gasteiger partial charge is 0.488 e. The molecule has 1 unspecified atom stereocenters. The number of methoxy groups -OCH3 is 1. The highest BCUT2D eigenvalue weighted by Gasteiger charge is 2.34. The van der Waals surface area contributed by atoms with Gasteiger partial charge in [-0.1, -0.05) is 18.2 Å². The molecule has 0 radical (unpaired) electrons. The van der Waals surface area contributed by atoms with E-state index in [4.69, 9.17) is 9.47 Å². The molecule has 0 spiro atoms. The zero-order valence-electron chi connectivity index (χ0n) is 16.2. The van der Waals surface area contributed by atoms with Crippen molar-refractivity contribution in [3.8, 4) is 5.75 Å². The van der Waals surface area contributed by atoms with Crippen molar-refractivity contribution in [2.75, 3.05) is 26.8 Å². The Kier molecular flexibility index (Phi) is 5.59. The topological polar surface area (TPSA) is 50.4 Å². The first-order chi connectivity index (χ1) is 13.7. The van der Waals surface area contributed by atoms with Gasteiger partial charge in [-0.3, -0.25) is 4.90 Å². The molecule has 0 bridgehead atoms. The van der Waals surface area contributed by atoms with Crippen LogP contribution in [0.3, 0.4) is 0 Å². The lowest BCUT2D eigenvalue weighted by Crippen LogP contribution is -2.39. The SMILES string of the molecule is COC1(COc2ccccc2F)CCCN(Cc2ccc3nc[nH]c3c2)CC1. The Bertz CT molecular complexity index is 929. The van der Waals surface area contributed by atoms with Gasteiger partial charge in [-0.05, 0) is 55.6 Å². The number of halogens is 1. The zero-order valence-corrected chi connectivity index (χ0v) is 16.2. The number of hydrogen-bond donors (Lipinski definition) is 1. The molecule has 1 aliphatic rings. The number of fused-ring (bicyclic) bond motifs is 1. The quantitative estimate of drug-likeness (QED) is 0.695. The van der Waals surface area contributed by atoms with E-state index in [0.717, 1.165) is 49.9 Å². The van der Waals surface area contributed by atoms with Crippen molar-refractivity contribution in [2.24, 2.45) is 0 Å². The Morgan fingerprint density at radius 1 is 1.18 bits per heavy atom. The summed E-state index contributed by atoms with van der Waals surface area (Å²) in [6.07, 6.45) is 4.49. The highest BCUT2D eigenvalue weighted by Crippen LogP contribution is 2.29. The second-order valence-corrected chi connectivity index (χ2v) is 7.49. The lowest BCUT2D eigenvalue weighted by Gasteiger charge is -2.31. The minimum Gasteiger partial charge on any atom is -0.488 e.